The Bertz CT molecular complexity index is 1160. The molecule has 2 heterocycles. The number of aromatic hydroxyl groups is 1. The summed E-state index contributed by atoms with van der Waals surface area (Å²) in [5, 5.41) is 14.2. The number of fused-ring (bicyclic) bond motifs is 1. The smallest absolute Gasteiger partial charge is 0.416 e. The molecule has 0 aliphatic carbocycles. The Morgan fingerprint density at radius 2 is 1.76 bits per heavy atom. The second kappa shape index (κ2) is 9.09. The lowest BCUT2D eigenvalue weighted by Gasteiger charge is -2.27. The van der Waals surface area contributed by atoms with Gasteiger partial charge in [-0.1, -0.05) is 12.1 Å². The van der Waals surface area contributed by atoms with E-state index >= 15 is 0 Å². The predicted octanol–water partition coefficient (Wildman–Crippen LogP) is 4.58. The Hall–Kier alpha value is -3.62. The van der Waals surface area contributed by atoms with Crippen LogP contribution in [0.1, 0.15) is 48.0 Å². The largest absolute Gasteiger partial charge is 0.508 e. The van der Waals surface area contributed by atoms with Gasteiger partial charge in [0.05, 0.1) is 12.6 Å². The van der Waals surface area contributed by atoms with Gasteiger partial charge in [0.2, 0.25) is 0 Å². The third-order valence-corrected chi connectivity index (χ3v) is 4.36. The number of ether oxygens (including phenoxy) is 2. The average Bonchev–Trinajstić information content (AvgIpc) is 3.08. The van der Waals surface area contributed by atoms with Crippen LogP contribution in [0, 0.1) is 0 Å². The van der Waals surface area contributed by atoms with E-state index in [1.807, 2.05) is 6.07 Å². The summed E-state index contributed by atoms with van der Waals surface area (Å²) in [6, 6.07) is 8.38. The SMILES string of the molecule is CC(C)(C)OC(=O)CCN(C(=O)OC(C)(C)C)c1ccn2ncc(-c3cccc(O)c3)c2n1. The molecule has 0 atom stereocenters. The van der Waals surface area contributed by atoms with Crippen LogP contribution in [0.5, 0.6) is 5.75 Å². The van der Waals surface area contributed by atoms with E-state index in [2.05, 4.69) is 10.1 Å². The number of nitrogens with zero attached hydrogens (tertiary/aromatic N) is 4. The van der Waals surface area contributed by atoms with Gasteiger partial charge in [-0.25, -0.2) is 14.3 Å². The van der Waals surface area contributed by atoms with Crippen molar-refractivity contribution in [1.29, 1.82) is 0 Å². The molecular weight excluding hydrogens is 424 g/mol. The zero-order valence-electron chi connectivity index (χ0n) is 19.8. The van der Waals surface area contributed by atoms with E-state index in [9.17, 15) is 14.7 Å². The average molecular weight is 455 g/mol. The van der Waals surface area contributed by atoms with Crippen molar-refractivity contribution < 1.29 is 24.2 Å². The molecule has 1 aromatic carbocycles. The lowest BCUT2D eigenvalue weighted by molar-refractivity contribution is -0.154. The van der Waals surface area contributed by atoms with Gasteiger partial charge in [0.25, 0.3) is 0 Å². The Morgan fingerprint density at radius 3 is 2.39 bits per heavy atom. The monoisotopic (exact) mass is 454 g/mol. The highest BCUT2D eigenvalue weighted by atomic mass is 16.6. The fraction of sp³-hybridized carbons (Fsp3) is 0.417. The Labute approximate surface area is 192 Å². The van der Waals surface area contributed by atoms with Gasteiger partial charge in [-0.05, 0) is 65.3 Å². The van der Waals surface area contributed by atoms with Crippen molar-refractivity contribution in [2.75, 3.05) is 11.4 Å². The van der Waals surface area contributed by atoms with Gasteiger partial charge in [-0.15, -0.1) is 0 Å². The summed E-state index contributed by atoms with van der Waals surface area (Å²) in [5.74, 6) is -0.0000946. The second-order valence-corrected chi connectivity index (χ2v) is 9.63. The van der Waals surface area contributed by atoms with Crippen molar-refractivity contribution in [3.63, 3.8) is 0 Å². The van der Waals surface area contributed by atoms with Gasteiger partial charge in [-0.3, -0.25) is 9.69 Å². The van der Waals surface area contributed by atoms with E-state index in [1.54, 1.807) is 82.7 Å². The molecular formula is C24H30N4O5. The minimum atomic E-state index is -0.727. The molecule has 3 aromatic rings. The van der Waals surface area contributed by atoms with E-state index < -0.39 is 23.3 Å². The molecule has 1 amide bonds. The maximum absolute atomic E-state index is 13.0. The molecule has 1 N–H and O–H groups in total. The van der Waals surface area contributed by atoms with Crippen molar-refractivity contribution >= 4 is 23.5 Å². The quantitative estimate of drug-likeness (QED) is 0.563. The van der Waals surface area contributed by atoms with Crippen molar-refractivity contribution in [3.8, 4) is 16.9 Å². The number of hydrogen-bond acceptors (Lipinski definition) is 7. The number of rotatable bonds is 5. The molecule has 2 aromatic heterocycles. The first-order chi connectivity index (χ1) is 15.3. The topological polar surface area (TPSA) is 106 Å². The number of amides is 1. The number of carbonyl (C=O) groups is 2. The summed E-state index contributed by atoms with van der Waals surface area (Å²) in [7, 11) is 0. The van der Waals surface area contributed by atoms with Crippen LogP contribution >= 0.6 is 0 Å². The number of anilines is 1. The number of esters is 1. The zero-order valence-corrected chi connectivity index (χ0v) is 19.8. The highest BCUT2D eigenvalue weighted by Gasteiger charge is 2.26. The summed E-state index contributed by atoms with van der Waals surface area (Å²) in [5.41, 5.74) is 0.549. The third-order valence-electron chi connectivity index (χ3n) is 4.36. The molecule has 0 saturated heterocycles. The number of phenols is 1. The van der Waals surface area contributed by atoms with Gasteiger partial charge in [0.15, 0.2) is 5.65 Å². The van der Waals surface area contributed by atoms with Crippen molar-refractivity contribution in [1.82, 2.24) is 14.6 Å². The Kier molecular flexibility index (Phi) is 6.62. The van der Waals surface area contributed by atoms with Crippen LogP contribution in [0.2, 0.25) is 0 Å². The minimum Gasteiger partial charge on any atom is -0.508 e. The molecule has 176 valence electrons. The molecule has 9 heteroatoms. The first-order valence-corrected chi connectivity index (χ1v) is 10.7. The highest BCUT2D eigenvalue weighted by molar-refractivity contribution is 5.88. The first kappa shape index (κ1) is 24.0. The zero-order chi connectivity index (χ0) is 24.4. The second-order valence-electron chi connectivity index (χ2n) is 9.63. The van der Waals surface area contributed by atoms with Gasteiger partial charge in [-0.2, -0.15) is 5.10 Å². The number of phenolic OH excluding ortho intramolecular Hbond substituents is 1. The number of benzene rings is 1. The molecule has 0 spiro atoms. The van der Waals surface area contributed by atoms with E-state index in [4.69, 9.17) is 9.47 Å². The van der Waals surface area contributed by atoms with Crippen molar-refractivity contribution in [3.05, 3.63) is 42.7 Å². The summed E-state index contributed by atoms with van der Waals surface area (Å²) >= 11 is 0. The normalized spacial score (nSPS) is 11.9. The number of aromatic nitrogens is 3. The van der Waals surface area contributed by atoms with Crippen LogP contribution in [0.25, 0.3) is 16.8 Å². The van der Waals surface area contributed by atoms with Crippen LogP contribution in [0.15, 0.2) is 42.7 Å². The van der Waals surface area contributed by atoms with Gasteiger partial charge in [0.1, 0.15) is 22.8 Å². The van der Waals surface area contributed by atoms with E-state index in [-0.39, 0.29) is 18.7 Å². The summed E-state index contributed by atoms with van der Waals surface area (Å²) < 4.78 is 12.5. The number of hydrogen-bond donors (Lipinski definition) is 1. The van der Waals surface area contributed by atoms with Crippen LogP contribution in [-0.2, 0) is 14.3 Å². The van der Waals surface area contributed by atoms with Gasteiger partial charge >= 0.3 is 12.1 Å². The van der Waals surface area contributed by atoms with Crippen molar-refractivity contribution in [2.24, 2.45) is 0 Å². The van der Waals surface area contributed by atoms with Gasteiger partial charge in [0, 0.05) is 18.3 Å². The number of carbonyl (C=O) groups excluding carboxylic acids is 2. The van der Waals surface area contributed by atoms with Crippen LogP contribution < -0.4 is 4.90 Å². The standard InChI is InChI=1S/C24H30N4O5/c1-23(2,3)32-20(30)11-12-27(22(31)33-24(4,5)6)19-10-13-28-21(26-19)18(15-25-28)16-8-7-9-17(29)14-16/h7-10,13-15,29H,11-12H2,1-6H3. The Balaban J connectivity index is 1.96. The Morgan fingerprint density at radius 1 is 1.06 bits per heavy atom. The molecule has 0 saturated carbocycles. The first-order valence-electron chi connectivity index (χ1n) is 10.7. The fourth-order valence-corrected chi connectivity index (χ4v) is 3.10. The fourth-order valence-electron chi connectivity index (χ4n) is 3.10. The summed E-state index contributed by atoms with van der Waals surface area (Å²) in [6.07, 6.45) is 2.66. The molecule has 3 rings (SSSR count). The maximum atomic E-state index is 13.0. The molecule has 33 heavy (non-hydrogen) atoms. The molecule has 0 fully saturated rings. The highest BCUT2D eigenvalue weighted by Crippen LogP contribution is 2.28. The molecule has 0 aliphatic heterocycles. The van der Waals surface area contributed by atoms with Crippen LogP contribution in [0.4, 0.5) is 10.6 Å². The van der Waals surface area contributed by atoms with Crippen molar-refractivity contribution in [2.45, 2.75) is 59.2 Å². The van der Waals surface area contributed by atoms with E-state index in [0.29, 0.717) is 17.0 Å². The van der Waals surface area contributed by atoms with Crippen LogP contribution in [0.3, 0.4) is 0 Å². The van der Waals surface area contributed by atoms with E-state index in [1.165, 1.54) is 4.90 Å². The maximum Gasteiger partial charge on any atom is 0.416 e. The lowest BCUT2D eigenvalue weighted by atomic mass is 10.1. The van der Waals surface area contributed by atoms with Crippen LogP contribution in [-0.4, -0.2) is 49.5 Å². The molecule has 9 nitrogen and oxygen atoms in total. The minimum absolute atomic E-state index is 0.0257. The lowest BCUT2D eigenvalue weighted by Crippen LogP contribution is -2.39. The summed E-state index contributed by atoms with van der Waals surface area (Å²) in [6.45, 7) is 10.7. The van der Waals surface area contributed by atoms with E-state index in [0.717, 1.165) is 5.56 Å². The molecule has 0 bridgehead atoms. The molecule has 0 aliphatic rings. The molecule has 0 radical (unpaired) electrons. The molecule has 0 unspecified atom stereocenters. The predicted molar refractivity (Wildman–Crippen MR) is 124 cm³/mol. The van der Waals surface area contributed by atoms with Gasteiger partial charge < -0.3 is 14.6 Å². The summed E-state index contributed by atoms with van der Waals surface area (Å²) in [4.78, 5) is 31.2. The third kappa shape index (κ3) is 6.44.